The fraction of sp³-hybridized carbons (Fsp3) is 0.500. The number of hydrogen-bond acceptors (Lipinski definition) is 3. The highest BCUT2D eigenvalue weighted by Gasteiger charge is 2.03. The van der Waals surface area contributed by atoms with Crippen LogP contribution in [0.15, 0.2) is 24.3 Å². The van der Waals surface area contributed by atoms with Crippen molar-refractivity contribution < 1.29 is 9.53 Å². The normalized spacial score (nSPS) is 11.9. The maximum atomic E-state index is 11.2. The first-order valence-corrected chi connectivity index (χ1v) is 6.39. The molecule has 1 amide bonds. The number of nitrogens with one attached hydrogen (secondary N) is 1. The van der Waals surface area contributed by atoms with Gasteiger partial charge in [-0.1, -0.05) is 19.1 Å². The van der Waals surface area contributed by atoms with E-state index in [1.807, 2.05) is 31.2 Å². The monoisotopic (exact) mass is 250 g/mol. The van der Waals surface area contributed by atoms with E-state index in [1.165, 1.54) is 5.56 Å². The highest BCUT2D eigenvalue weighted by atomic mass is 16.5. The molecule has 0 bridgehead atoms. The number of carbonyl (C=O) groups is 1. The molecule has 3 N–H and O–H groups in total. The van der Waals surface area contributed by atoms with Gasteiger partial charge in [-0.15, -0.1) is 0 Å². The predicted molar refractivity (Wildman–Crippen MR) is 72.6 cm³/mol. The molecule has 0 aromatic heterocycles. The van der Waals surface area contributed by atoms with E-state index in [-0.39, 0.29) is 18.6 Å². The van der Waals surface area contributed by atoms with Gasteiger partial charge in [-0.05, 0) is 37.5 Å². The maximum absolute atomic E-state index is 11.2. The molecule has 100 valence electrons. The highest BCUT2D eigenvalue weighted by Crippen LogP contribution is 2.13. The molecule has 4 nitrogen and oxygen atoms in total. The lowest BCUT2D eigenvalue weighted by Crippen LogP contribution is -2.28. The largest absolute Gasteiger partial charge is 0.484 e. The molecule has 1 unspecified atom stereocenters. The summed E-state index contributed by atoms with van der Waals surface area (Å²) < 4.78 is 5.36. The molecule has 1 atom stereocenters. The van der Waals surface area contributed by atoms with Crippen LogP contribution in [0.25, 0.3) is 0 Å². The fourth-order valence-corrected chi connectivity index (χ4v) is 1.57. The van der Waals surface area contributed by atoms with E-state index >= 15 is 0 Å². The zero-order chi connectivity index (χ0) is 13.4. The van der Waals surface area contributed by atoms with Gasteiger partial charge in [0.2, 0.25) is 0 Å². The average Bonchev–Trinajstić information content (AvgIpc) is 2.38. The van der Waals surface area contributed by atoms with E-state index in [0.717, 1.165) is 12.8 Å². The summed E-state index contributed by atoms with van der Waals surface area (Å²) >= 11 is 0. The standard InChI is InChI=1S/C14H22N2O2/c1-3-12(15)9-11-5-7-13(8-6-11)18-10-14(17)16-4-2/h5-8,12H,3-4,9-10,15H2,1-2H3,(H,16,17). The summed E-state index contributed by atoms with van der Waals surface area (Å²) in [5.74, 6) is 0.602. The molecule has 0 radical (unpaired) electrons. The summed E-state index contributed by atoms with van der Waals surface area (Å²) in [6.45, 7) is 4.63. The van der Waals surface area contributed by atoms with Crippen LogP contribution in [0.3, 0.4) is 0 Å². The minimum Gasteiger partial charge on any atom is -0.484 e. The second kappa shape index (κ2) is 7.71. The number of nitrogens with two attached hydrogens (primary N) is 1. The third-order valence-electron chi connectivity index (χ3n) is 2.69. The van der Waals surface area contributed by atoms with Gasteiger partial charge in [-0.3, -0.25) is 4.79 Å². The summed E-state index contributed by atoms with van der Waals surface area (Å²) in [6, 6.07) is 7.92. The van der Waals surface area contributed by atoms with E-state index in [0.29, 0.717) is 12.3 Å². The van der Waals surface area contributed by atoms with Crippen LogP contribution in [-0.4, -0.2) is 25.1 Å². The molecule has 0 spiro atoms. The van der Waals surface area contributed by atoms with E-state index < -0.39 is 0 Å². The smallest absolute Gasteiger partial charge is 0.257 e. The van der Waals surface area contributed by atoms with Gasteiger partial charge in [0.05, 0.1) is 0 Å². The van der Waals surface area contributed by atoms with Crippen LogP contribution in [0.2, 0.25) is 0 Å². The fourth-order valence-electron chi connectivity index (χ4n) is 1.57. The SMILES string of the molecule is CCNC(=O)COc1ccc(CC(N)CC)cc1. The molecule has 1 aromatic rings. The Labute approximate surface area is 109 Å². The summed E-state index contributed by atoms with van der Waals surface area (Å²) in [5.41, 5.74) is 7.08. The van der Waals surface area contributed by atoms with Gasteiger partial charge in [-0.25, -0.2) is 0 Å². The first-order valence-electron chi connectivity index (χ1n) is 6.39. The molecular weight excluding hydrogens is 228 g/mol. The minimum absolute atomic E-state index is 0.0572. The summed E-state index contributed by atoms with van der Waals surface area (Å²) in [6.07, 6.45) is 1.84. The van der Waals surface area contributed by atoms with Crippen molar-refractivity contribution in [2.24, 2.45) is 5.73 Å². The third-order valence-corrected chi connectivity index (χ3v) is 2.69. The first kappa shape index (κ1) is 14.5. The van der Waals surface area contributed by atoms with Gasteiger partial charge < -0.3 is 15.8 Å². The molecule has 1 rings (SSSR count). The van der Waals surface area contributed by atoms with Crippen molar-refractivity contribution in [2.75, 3.05) is 13.2 Å². The van der Waals surface area contributed by atoms with Crippen molar-refractivity contribution in [3.05, 3.63) is 29.8 Å². The Morgan fingerprint density at radius 1 is 1.33 bits per heavy atom. The molecule has 0 aliphatic carbocycles. The second-order valence-corrected chi connectivity index (χ2v) is 4.26. The number of rotatable bonds is 7. The Balaban J connectivity index is 2.42. The molecule has 1 aromatic carbocycles. The Bertz CT molecular complexity index is 363. The summed E-state index contributed by atoms with van der Waals surface area (Å²) in [7, 11) is 0. The van der Waals surface area contributed by atoms with Crippen LogP contribution in [0, 0.1) is 0 Å². The molecule has 0 aliphatic heterocycles. The maximum Gasteiger partial charge on any atom is 0.257 e. The summed E-state index contributed by atoms with van der Waals surface area (Å²) in [4.78, 5) is 11.2. The Kier molecular flexibility index (Phi) is 6.22. The Morgan fingerprint density at radius 3 is 2.56 bits per heavy atom. The lowest BCUT2D eigenvalue weighted by Gasteiger charge is -2.10. The quantitative estimate of drug-likeness (QED) is 0.770. The molecule has 0 aliphatic rings. The number of ether oxygens (including phenoxy) is 1. The lowest BCUT2D eigenvalue weighted by molar-refractivity contribution is -0.122. The molecule has 4 heteroatoms. The number of benzene rings is 1. The van der Waals surface area contributed by atoms with Crippen LogP contribution in [0.5, 0.6) is 5.75 Å². The molecular formula is C14H22N2O2. The molecule has 0 heterocycles. The zero-order valence-electron chi connectivity index (χ0n) is 11.1. The van der Waals surface area contributed by atoms with E-state index in [9.17, 15) is 4.79 Å². The number of amides is 1. The first-order chi connectivity index (χ1) is 8.65. The van der Waals surface area contributed by atoms with Gasteiger partial charge in [0.15, 0.2) is 6.61 Å². The van der Waals surface area contributed by atoms with Gasteiger partial charge in [0.25, 0.3) is 5.91 Å². The van der Waals surface area contributed by atoms with Crippen LogP contribution in [-0.2, 0) is 11.2 Å². The number of hydrogen-bond donors (Lipinski definition) is 2. The third kappa shape index (κ3) is 5.19. The Hall–Kier alpha value is -1.55. The minimum atomic E-state index is -0.102. The zero-order valence-corrected chi connectivity index (χ0v) is 11.1. The van der Waals surface area contributed by atoms with Gasteiger partial charge in [0, 0.05) is 12.6 Å². The van der Waals surface area contributed by atoms with E-state index in [1.54, 1.807) is 0 Å². The van der Waals surface area contributed by atoms with Crippen LogP contribution in [0.4, 0.5) is 0 Å². The number of carbonyl (C=O) groups excluding carboxylic acids is 1. The van der Waals surface area contributed by atoms with E-state index in [2.05, 4.69) is 12.2 Å². The molecule has 0 saturated carbocycles. The van der Waals surface area contributed by atoms with Crippen molar-refractivity contribution in [3.63, 3.8) is 0 Å². The van der Waals surface area contributed by atoms with Crippen molar-refractivity contribution in [1.29, 1.82) is 0 Å². The van der Waals surface area contributed by atoms with Crippen molar-refractivity contribution in [1.82, 2.24) is 5.32 Å². The number of likely N-dealkylation sites (N-methyl/N-ethyl adjacent to an activating group) is 1. The average molecular weight is 250 g/mol. The topological polar surface area (TPSA) is 64.3 Å². The van der Waals surface area contributed by atoms with Crippen molar-refractivity contribution in [2.45, 2.75) is 32.7 Å². The molecule has 0 saturated heterocycles. The van der Waals surface area contributed by atoms with Gasteiger partial charge in [0.1, 0.15) is 5.75 Å². The van der Waals surface area contributed by atoms with Gasteiger partial charge >= 0.3 is 0 Å². The Morgan fingerprint density at radius 2 is 2.00 bits per heavy atom. The predicted octanol–water partition coefficient (Wildman–Crippen LogP) is 1.48. The van der Waals surface area contributed by atoms with E-state index in [4.69, 9.17) is 10.5 Å². The van der Waals surface area contributed by atoms with Crippen LogP contribution in [0.1, 0.15) is 25.8 Å². The van der Waals surface area contributed by atoms with Crippen molar-refractivity contribution >= 4 is 5.91 Å². The second-order valence-electron chi connectivity index (χ2n) is 4.26. The molecule has 0 fully saturated rings. The van der Waals surface area contributed by atoms with Gasteiger partial charge in [-0.2, -0.15) is 0 Å². The lowest BCUT2D eigenvalue weighted by atomic mass is 10.0. The van der Waals surface area contributed by atoms with Crippen LogP contribution >= 0.6 is 0 Å². The van der Waals surface area contributed by atoms with Crippen molar-refractivity contribution in [3.8, 4) is 5.75 Å². The van der Waals surface area contributed by atoms with Crippen LogP contribution < -0.4 is 15.8 Å². The highest BCUT2D eigenvalue weighted by molar-refractivity contribution is 5.77. The molecule has 18 heavy (non-hydrogen) atoms. The summed E-state index contributed by atoms with van der Waals surface area (Å²) in [5, 5.41) is 2.68.